The van der Waals surface area contributed by atoms with Gasteiger partial charge in [0.1, 0.15) is 0 Å². The Labute approximate surface area is 251 Å². The highest BCUT2D eigenvalue weighted by Gasteiger charge is 2.44. The molecule has 0 heterocycles. The van der Waals surface area contributed by atoms with E-state index in [2.05, 4.69) is 98.7 Å². The quantitative estimate of drug-likeness (QED) is 0.220. The number of aryl methyl sites for hydroxylation is 9. The Morgan fingerprint density at radius 2 is 0.707 bits per heavy atom. The molecular weight excluding hydrogens is 524 g/mol. The summed E-state index contributed by atoms with van der Waals surface area (Å²) in [5.41, 5.74) is 11.2. The number of rotatable bonds is 13. The zero-order chi connectivity index (χ0) is 30.3. The highest BCUT2D eigenvalue weighted by Crippen LogP contribution is 2.74. The molecule has 0 atom stereocenters. The monoisotopic (exact) mass is 576 g/mol. The minimum Gasteiger partial charge on any atom is -0.449 e. The summed E-state index contributed by atoms with van der Waals surface area (Å²) in [5, 5.41) is 10.7. The van der Waals surface area contributed by atoms with Gasteiger partial charge in [-0.3, -0.25) is 0 Å². The van der Waals surface area contributed by atoms with E-state index in [1.165, 1.54) is 50.1 Å². The van der Waals surface area contributed by atoms with Gasteiger partial charge in [-0.1, -0.05) is 98.7 Å². The molecule has 0 aliphatic carbocycles. The van der Waals surface area contributed by atoms with Crippen LogP contribution in [0.1, 0.15) is 112 Å². The van der Waals surface area contributed by atoms with E-state index in [0.717, 1.165) is 72.5 Å². The van der Waals surface area contributed by atoms with Gasteiger partial charge in [-0.05, 0) is 118 Å². The van der Waals surface area contributed by atoms with Crippen molar-refractivity contribution < 1.29 is 14.1 Å². The van der Waals surface area contributed by atoms with Crippen molar-refractivity contribution in [3.05, 3.63) is 86.5 Å². The molecule has 0 aromatic heterocycles. The fourth-order valence-corrected chi connectivity index (χ4v) is 10.8. The number of hydrogen-bond donors (Lipinski definition) is 1. The van der Waals surface area contributed by atoms with Crippen LogP contribution in [0.25, 0.3) is 0 Å². The fourth-order valence-electron chi connectivity index (χ4n) is 6.31. The largest absolute Gasteiger partial charge is 0.517 e. The maximum atomic E-state index is 13.1. The second-order valence-electron chi connectivity index (χ2n) is 10.8. The Kier molecular flexibility index (Phi) is 11.6. The predicted molar refractivity (Wildman–Crippen MR) is 175 cm³/mol. The normalized spacial score (nSPS) is 12.0. The van der Waals surface area contributed by atoms with Crippen molar-refractivity contribution in [2.45, 2.75) is 135 Å². The summed E-state index contributed by atoms with van der Waals surface area (Å²) >= 11 is 0. The molecule has 0 spiro atoms. The summed E-state index contributed by atoms with van der Waals surface area (Å²) in [5.74, 6) is 0. The zero-order valence-electron chi connectivity index (χ0n) is 27.0. The third-order valence-electron chi connectivity index (χ3n) is 8.48. The van der Waals surface area contributed by atoms with Gasteiger partial charge in [0.05, 0.1) is 0 Å². The van der Waals surface area contributed by atoms with Gasteiger partial charge in [-0.25, -0.2) is 4.79 Å². The summed E-state index contributed by atoms with van der Waals surface area (Å²) in [6.07, 6.45) is 6.55. The van der Waals surface area contributed by atoms with Crippen LogP contribution in [-0.2, 0) is 62.0 Å². The van der Waals surface area contributed by atoms with Gasteiger partial charge in [0.2, 0.25) is 0 Å². The Hall–Kier alpha value is -2.72. The minimum atomic E-state index is -2.66. The predicted octanol–water partition coefficient (Wildman–Crippen LogP) is 10.6. The van der Waals surface area contributed by atoms with Crippen LogP contribution in [0, 0.1) is 0 Å². The molecule has 3 rings (SSSR count). The van der Waals surface area contributed by atoms with Crippen molar-refractivity contribution in [2.24, 2.45) is 0 Å². The van der Waals surface area contributed by atoms with Crippen LogP contribution in [0.2, 0.25) is 0 Å². The molecule has 0 aliphatic rings. The van der Waals surface area contributed by atoms with Crippen molar-refractivity contribution in [3.8, 4) is 0 Å². The van der Waals surface area contributed by atoms with Gasteiger partial charge >= 0.3 is 6.16 Å². The summed E-state index contributed by atoms with van der Waals surface area (Å²) in [4.78, 5) is 16.4. The Balaban J connectivity index is 2.82. The lowest BCUT2D eigenvalue weighted by Gasteiger charge is -2.45. The SMILES string of the molecule is CCc1cc(CC)c(S(OC(=O)O)(c2c(CC)cc(CC)cc2CC)c2c(CC)cc(CC)cc2CC)c(CC)c1. The first-order chi connectivity index (χ1) is 19.7. The zero-order valence-corrected chi connectivity index (χ0v) is 27.8. The van der Waals surface area contributed by atoms with Crippen LogP contribution in [0.3, 0.4) is 0 Å². The van der Waals surface area contributed by atoms with E-state index in [9.17, 15) is 9.90 Å². The lowest BCUT2D eigenvalue weighted by molar-refractivity contribution is 0.150. The fraction of sp³-hybridized carbons (Fsp3) is 0.486. The summed E-state index contributed by atoms with van der Waals surface area (Å²) in [6.45, 7) is 19.8. The smallest absolute Gasteiger partial charge is 0.449 e. The van der Waals surface area contributed by atoms with E-state index >= 15 is 0 Å². The van der Waals surface area contributed by atoms with Crippen LogP contribution in [0.4, 0.5) is 4.79 Å². The third-order valence-corrected chi connectivity index (χ3v) is 12.2. The molecule has 3 aromatic rings. The standard InChI is InChI=1S/C37H52O3S/c1-10-25-19-28(13-4)34(29(14-5)20-25)41(40-37(38)39,35-30(15-6)21-26(11-2)22-31(35)16-7)36-32(17-8)23-27(12-3)24-33(36)18-9/h19-24H,10-18H2,1-9H3,(H,38,39). The maximum Gasteiger partial charge on any atom is 0.517 e. The molecule has 4 heteroatoms. The number of carboxylic acid groups (broad SMARTS) is 1. The lowest BCUT2D eigenvalue weighted by Crippen LogP contribution is -2.21. The van der Waals surface area contributed by atoms with Crippen LogP contribution in [-0.4, -0.2) is 11.3 Å². The first-order valence-electron chi connectivity index (χ1n) is 15.9. The molecule has 0 fully saturated rings. The Morgan fingerprint density at radius 1 is 0.488 bits per heavy atom. The molecule has 3 aromatic carbocycles. The van der Waals surface area contributed by atoms with Crippen molar-refractivity contribution in [1.29, 1.82) is 0 Å². The molecule has 0 amide bonds. The van der Waals surface area contributed by atoms with E-state index in [1.807, 2.05) is 0 Å². The first-order valence-corrected chi connectivity index (χ1v) is 17.5. The number of hydrogen-bond acceptors (Lipinski definition) is 2. The molecule has 1 N–H and O–H groups in total. The molecule has 224 valence electrons. The van der Waals surface area contributed by atoms with E-state index in [1.54, 1.807) is 0 Å². The molecule has 0 bridgehead atoms. The molecule has 0 saturated heterocycles. The van der Waals surface area contributed by atoms with E-state index < -0.39 is 16.5 Å². The van der Waals surface area contributed by atoms with Crippen molar-refractivity contribution in [3.63, 3.8) is 0 Å². The van der Waals surface area contributed by atoms with Crippen molar-refractivity contribution in [1.82, 2.24) is 0 Å². The lowest BCUT2D eigenvalue weighted by atomic mass is 10.00. The van der Waals surface area contributed by atoms with Crippen LogP contribution >= 0.6 is 10.3 Å². The van der Waals surface area contributed by atoms with E-state index in [0.29, 0.717) is 0 Å². The van der Waals surface area contributed by atoms with Gasteiger partial charge in [-0.15, -0.1) is 0 Å². The number of carbonyl (C=O) groups is 1. The molecule has 0 unspecified atom stereocenters. The van der Waals surface area contributed by atoms with Crippen molar-refractivity contribution >= 4 is 16.5 Å². The average molecular weight is 577 g/mol. The second-order valence-corrected chi connectivity index (χ2v) is 13.3. The topological polar surface area (TPSA) is 46.5 Å². The van der Waals surface area contributed by atoms with Crippen molar-refractivity contribution in [2.75, 3.05) is 0 Å². The molecule has 0 radical (unpaired) electrons. The van der Waals surface area contributed by atoms with Gasteiger partial charge in [-0.2, -0.15) is 0 Å². The highest BCUT2D eigenvalue weighted by molar-refractivity contribution is 8.30. The summed E-state index contributed by atoms with van der Waals surface area (Å²) < 4.78 is 6.67. The summed E-state index contributed by atoms with van der Waals surface area (Å²) in [6, 6.07) is 13.9. The number of benzene rings is 3. The Morgan fingerprint density at radius 3 is 0.854 bits per heavy atom. The van der Waals surface area contributed by atoms with Crippen LogP contribution < -0.4 is 0 Å². The average Bonchev–Trinajstić information content (AvgIpc) is 3.01. The van der Waals surface area contributed by atoms with E-state index in [4.69, 9.17) is 4.18 Å². The van der Waals surface area contributed by atoms with Gasteiger partial charge < -0.3 is 9.29 Å². The minimum absolute atomic E-state index is 0.819. The molecule has 3 nitrogen and oxygen atoms in total. The molecule has 0 saturated carbocycles. The molecule has 41 heavy (non-hydrogen) atoms. The molecular formula is C37H52O3S. The van der Waals surface area contributed by atoms with Gasteiger partial charge in [0.15, 0.2) is 0 Å². The maximum absolute atomic E-state index is 13.1. The Bertz CT molecular complexity index is 1140. The van der Waals surface area contributed by atoms with Gasteiger partial charge in [0.25, 0.3) is 0 Å². The molecule has 0 aliphatic heterocycles. The van der Waals surface area contributed by atoms with Crippen LogP contribution in [0.15, 0.2) is 51.1 Å². The van der Waals surface area contributed by atoms with Crippen LogP contribution in [0.5, 0.6) is 0 Å². The summed E-state index contributed by atoms with van der Waals surface area (Å²) in [7, 11) is -2.66. The highest BCUT2D eigenvalue weighted by atomic mass is 32.3. The second kappa shape index (κ2) is 14.4. The first kappa shape index (κ1) is 32.8. The van der Waals surface area contributed by atoms with E-state index in [-0.39, 0.29) is 0 Å². The van der Waals surface area contributed by atoms with Gasteiger partial charge in [0, 0.05) is 14.7 Å². The third kappa shape index (κ3) is 6.23.